The van der Waals surface area contributed by atoms with Gasteiger partial charge in [0.25, 0.3) is 0 Å². The zero-order valence-corrected chi connectivity index (χ0v) is 18.4. The van der Waals surface area contributed by atoms with Crippen LogP contribution in [0.4, 0.5) is 0 Å². The second kappa shape index (κ2) is 9.36. The number of phenolic OH excluding ortho intramolecular Hbond substituents is 1. The average Bonchev–Trinajstić information content (AvgIpc) is 2.69. The Morgan fingerprint density at radius 3 is 2.24 bits per heavy atom. The Bertz CT molecular complexity index is 932. The summed E-state index contributed by atoms with van der Waals surface area (Å²) < 4.78 is 5.99. The highest BCUT2D eigenvalue weighted by atomic mass is 32.2. The van der Waals surface area contributed by atoms with Crippen LogP contribution in [0.1, 0.15) is 43.9 Å². The van der Waals surface area contributed by atoms with Crippen LogP contribution in [0.25, 0.3) is 0 Å². The minimum Gasteiger partial charge on any atom is -0.507 e. The first-order chi connectivity index (χ1) is 13.8. The zero-order chi connectivity index (χ0) is 20.9. The van der Waals surface area contributed by atoms with E-state index >= 15 is 0 Å². The zero-order valence-electron chi connectivity index (χ0n) is 17.6. The number of aryl methyl sites for hydroxylation is 1. The molecule has 0 fully saturated rings. The first-order valence-corrected chi connectivity index (χ1v) is 10.7. The molecular weight excluding hydrogens is 378 g/mol. The van der Waals surface area contributed by atoms with E-state index in [4.69, 9.17) is 4.74 Å². The first-order valence-electron chi connectivity index (χ1n) is 9.93. The van der Waals surface area contributed by atoms with Crippen molar-refractivity contribution in [1.82, 2.24) is 4.98 Å². The van der Waals surface area contributed by atoms with E-state index in [1.165, 1.54) is 9.79 Å². The van der Waals surface area contributed by atoms with Crippen molar-refractivity contribution in [3.63, 3.8) is 0 Å². The van der Waals surface area contributed by atoms with E-state index in [1.807, 2.05) is 31.2 Å². The lowest BCUT2D eigenvalue weighted by molar-refractivity contribution is 0.301. The predicted octanol–water partition coefficient (Wildman–Crippen LogP) is 6.80. The summed E-state index contributed by atoms with van der Waals surface area (Å²) in [5.41, 5.74) is 3.14. The molecule has 0 atom stereocenters. The molecule has 3 rings (SSSR count). The SMILES string of the molecule is Cc1c(OCc2ccc(Sc3ccncc3)cc2)ccc(CCC(C)(C)C)c1O. The van der Waals surface area contributed by atoms with Gasteiger partial charge < -0.3 is 9.84 Å². The Kier molecular flexibility index (Phi) is 6.86. The number of rotatable bonds is 7. The molecule has 1 N–H and O–H groups in total. The van der Waals surface area contributed by atoms with Gasteiger partial charge in [0.15, 0.2) is 0 Å². The van der Waals surface area contributed by atoms with Gasteiger partial charge in [0.2, 0.25) is 0 Å². The van der Waals surface area contributed by atoms with Crippen molar-refractivity contribution in [2.24, 2.45) is 5.41 Å². The molecule has 3 aromatic rings. The third-order valence-electron chi connectivity index (χ3n) is 4.81. The fourth-order valence-corrected chi connectivity index (χ4v) is 3.76. The van der Waals surface area contributed by atoms with Crippen molar-refractivity contribution in [2.75, 3.05) is 0 Å². The van der Waals surface area contributed by atoms with Gasteiger partial charge in [-0.2, -0.15) is 0 Å². The predicted molar refractivity (Wildman–Crippen MR) is 120 cm³/mol. The van der Waals surface area contributed by atoms with Gasteiger partial charge in [0.1, 0.15) is 18.1 Å². The van der Waals surface area contributed by atoms with Crippen molar-refractivity contribution in [3.8, 4) is 11.5 Å². The molecule has 0 spiro atoms. The van der Waals surface area contributed by atoms with Gasteiger partial charge in [0.05, 0.1) is 0 Å². The Morgan fingerprint density at radius 2 is 1.59 bits per heavy atom. The van der Waals surface area contributed by atoms with Gasteiger partial charge in [0, 0.05) is 27.7 Å². The van der Waals surface area contributed by atoms with Gasteiger partial charge >= 0.3 is 0 Å². The molecule has 1 aromatic heterocycles. The minimum absolute atomic E-state index is 0.247. The van der Waals surface area contributed by atoms with E-state index in [1.54, 1.807) is 24.2 Å². The van der Waals surface area contributed by atoms with Gasteiger partial charge in [-0.15, -0.1) is 0 Å². The topological polar surface area (TPSA) is 42.4 Å². The third kappa shape index (κ3) is 6.26. The van der Waals surface area contributed by atoms with E-state index in [0.717, 1.165) is 35.3 Å². The molecule has 0 saturated heterocycles. The van der Waals surface area contributed by atoms with Crippen LogP contribution in [-0.4, -0.2) is 10.1 Å². The van der Waals surface area contributed by atoms with Gasteiger partial charge in [-0.05, 0) is 66.6 Å². The third-order valence-corrected chi connectivity index (χ3v) is 5.83. The van der Waals surface area contributed by atoms with E-state index in [9.17, 15) is 5.11 Å². The Morgan fingerprint density at radius 1 is 0.931 bits per heavy atom. The molecule has 2 aromatic carbocycles. The quantitative estimate of drug-likeness (QED) is 0.467. The minimum atomic E-state index is 0.247. The van der Waals surface area contributed by atoms with E-state index in [0.29, 0.717) is 12.4 Å². The van der Waals surface area contributed by atoms with Crippen LogP contribution in [0.15, 0.2) is 70.7 Å². The summed E-state index contributed by atoms with van der Waals surface area (Å²) in [7, 11) is 0. The lowest BCUT2D eigenvalue weighted by Crippen LogP contribution is -2.06. The van der Waals surface area contributed by atoms with Crippen LogP contribution in [0.5, 0.6) is 11.5 Å². The van der Waals surface area contributed by atoms with Crippen LogP contribution < -0.4 is 4.74 Å². The maximum atomic E-state index is 10.6. The largest absolute Gasteiger partial charge is 0.507 e. The molecule has 0 bridgehead atoms. The van der Waals surface area contributed by atoms with Gasteiger partial charge in [-0.1, -0.05) is 50.7 Å². The molecule has 0 aliphatic heterocycles. The number of pyridine rings is 1. The van der Waals surface area contributed by atoms with Crippen molar-refractivity contribution >= 4 is 11.8 Å². The Hall–Kier alpha value is -2.46. The number of aromatic nitrogens is 1. The molecule has 0 radical (unpaired) electrons. The van der Waals surface area contributed by atoms with Crippen LogP contribution in [0.2, 0.25) is 0 Å². The number of hydrogen-bond acceptors (Lipinski definition) is 4. The molecule has 3 nitrogen and oxygen atoms in total. The Labute approximate surface area is 178 Å². The number of aromatic hydroxyl groups is 1. The maximum Gasteiger partial charge on any atom is 0.126 e. The number of nitrogens with zero attached hydrogens (tertiary/aromatic N) is 1. The maximum absolute atomic E-state index is 10.6. The molecule has 29 heavy (non-hydrogen) atoms. The van der Waals surface area contributed by atoms with Crippen LogP contribution in [0, 0.1) is 12.3 Å². The van der Waals surface area contributed by atoms with Crippen molar-refractivity contribution in [3.05, 3.63) is 77.6 Å². The summed E-state index contributed by atoms with van der Waals surface area (Å²) in [6, 6.07) is 16.3. The second-order valence-electron chi connectivity index (χ2n) is 8.47. The van der Waals surface area contributed by atoms with E-state index in [2.05, 4.69) is 50.0 Å². The Balaban J connectivity index is 1.60. The number of benzene rings is 2. The molecule has 1 heterocycles. The number of hydrogen-bond donors (Lipinski definition) is 1. The van der Waals surface area contributed by atoms with E-state index < -0.39 is 0 Å². The molecule has 0 saturated carbocycles. The fourth-order valence-electron chi connectivity index (χ4n) is 2.96. The van der Waals surface area contributed by atoms with Gasteiger partial charge in [-0.3, -0.25) is 4.98 Å². The summed E-state index contributed by atoms with van der Waals surface area (Å²) in [6.07, 6.45) is 5.50. The summed E-state index contributed by atoms with van der Waals surface area (Å²) in [5.74, 6) is 1.09. The van der Waals surface area contributed by atoms with E-state index in [-0.39, 0.29) is 5.41 Å². The molecule has 0 aliphatic carbocycles. The smallest absolute Gasteiger partial charge is 0.126 e. The molecule has 152 valence electrons. The highest BCUT2D eigenvalue weighted by molar-refractivity contribution is 7.99. The normalized spacial score (nSPS) is 11.4. The molecule has 0 aliphatic rings. The molecular formula is C25H29NO2S. The average molecular weight is 408 g/mol. The first kappa shape index (κ1) is 21.3. The van der Waals surface area contributed by atoms with Gasteiger partial charge in [-0.25, -0.2) is 0 Å². The van der Waals surface area contributed by atoms with Crippen LogP contribution in [0.3, 0.4) is 0 Å². The van der Waals surface area contributed by atoms with Crippen LogP contribution in [-0.2, 0) is 13.0 Å². The number of phenols is 1. The highest BCUT2D eigenvalue weighted by Crippen LogP contribution is 2.34. The summed E-state index contributed by atoms with van der Waals surface area (Å²) >= 11 is 1.71. The fraction of sp³-hybridized carbons (Fsp3) is 0.320. The molecule has 0 unspecified atom stereocenters. The van der Waals surface area contributed by atoms with Crippen LogP contribution >= 0.6 is 11.8 Å². The summed E-state index contributed by atoms with van der Waals surface area (Å²) in [4.78, 5) is 6.39. The standard InChI is InChI=1S/C25H29NO2S/c1-18-23(10-7-20(24(18)27)11-14-25(2,3)4)28-17-19-5-8-21(9-6-19)29-22-12-15-26-16-13-22/h5-10,12-13,15-16,27H,11,14,17H2,1-4H3. The molecule has 0 amide bonds. The molecule has 4 heteroatoms. The number of ether oxygens (including phenoxy) is 1. The van der Waals surface area contributed by atoms with Crippen molar-refractivity contribution in [1.29, 1.82) is 0 Å². The van der Waals surface area contributed by atoms with Crippen molar-refractivity contribution < 1.29 is 9.84 Å². The monoisotopic (exact) mass is 407 g/mol. The summed E-state index contributed by atoms with van der Waals surface area (Å²) in [6.45, 7) is 9.04. The lowest BCUT2D eigenvalue weighted by Gasteiger charge is -2.19. The highest BCUT2D eigenvalue weighted by Gasteiger charge is 2.14. The lowest BCUT2D eigenvalue weighted by atomic mass is 9.88. The van der Waals surface area contributed by atoms with Crippen molar-refractivity contribution in [2.45, 2.75) is 56.9 Å². The summed E-state index contributed by atoms with van der Waals surface area (Å²) in [5, 5.41) is 10.6. The second-order valence-corrected chi connectivity index (χ2v) is 9.62.